The van der Waals surface area contributed by atoms with Crippen molar-refractivity contribution in [3.05, 3.63) is 29.3 Å². The summed E-state index contributed by atoms with van der Waals surface area (Å²) in [7, 11) is 0. The van der Waals surface area contributed by atoms with Crippen molar-refractivity contribution in [2.75, 3.05) is 5.73 Å². The third kappa shape index (κ3) is 3.22. The van der Waals surface area contributed by atoms with Gasteiger partial charge in [0.15, 0.2) is 0 Å². The van der Waals surface area contributed by atoms with Crippen molar-refractivity contribution in [2.24, 2.45) is 0 Å². The number of benzene rings is 1. The molecule has 1 aromatic rings. The first-order chi connectivity index (χ1) is 8.27. The van der Waals surface area contributed by atoms with Gasteiger partial charge < -0.3 is 15.9 Å². The van der Waals surface area contributed by atoms with Crippen LogP contribution in [0.2, 0.25) is 0 Å². The van der Waals surface area contributed by atoms with Gasteiger partial charge in [0.05, 0.1) is 18.6 Å². The van der Waals surface area contributed by atoms with Gasteiger partial charge in [0.1, 0.15) is 6.10 Å². The summed E-state index contributed by atoms with van der Waals surface area (Å²) in [5.74, 6) is 0. The Morgan fingerprint density at radius 2 is 1.94 bits per heavy atom. The minimum atomic E-state index is -1.13. The van der Waals surface area contributed by atoms with E-state index < -0.39 is 12.2 Å². The second kappa shape index (κ2) is 5.38. The molecule has 0 radical (unpaired) electrons. The van der Waals surface area contributed by atoms with Crippen LogP contribution in [0.15, 0.2) is 18.2 Å². The van der Waals surface area contributed by atoms with Crippen molar-refractivity contribution < 1.29 is 10.2 Å². The third-order valence-electron chi connectivity index (χ3n) is 2.94. The molecule has 0 saturated heterocycles. The second-order valence-corrected chi connectivity index (χ2v) is 5.47. The van der Waals surface area contributed by atoms with Crippen molar-refractivity contribution >= 4 is 5.69 Å². The Bertz CT molecular complexity index is 458. The summed E-state index contributed by atoms with van der Waals surface area (Å²) in [6.07, 6.45) is -2.38. The standard InChI is InChI=1S/C14H20N2O2/c1-14(2,3)9-4-5-11(16)10(8-9)13(18)12(17)6-7-15/h4-5,8,12-13,17-18H,6,16H2,1-3H3. The van der Waals surface area contributed by atoms with Crippen LogP contribution in [0, 0.1) is 11.3 Å². The Labute approximate surface area is 108 Å². The SMILES string of the molecule is CC(C)(C)c1ccc(N)c(C(O)C(O)CC#N)c1. The Morgan fingerprint density at radius 1 is 1.33 bits per heavy atom. The second-order valence-electron chi connectivity index (χ2n) is 5.47. The Balaban J connectivity index is 3.12. The lowest BCUT2D eigenvalue weighted by Crippen LogP contribution is -2.20. The van der Waals surface area contributed by atoms with Gasteiger partial charge in [0, 0.05) is 11.3 Å². The van der Waals surface area contributed by atoms with Crippen molar-refractivity contribution in [3.8, 4) is 6.07 Å². The fraction of sp³-hybridized carbons (Fsp3) is 0.500. The van der Waals surface area contributed by atoms with Crippen LogP contribution in [0.3, 0.4) is 0 Å². The molecule has 4 heteroatoms. The van der Waals surface area contributed by atoms with E-state index in [1.54, 1.807) is 12.1 Å². The van der Waals surface area contributed by atoms with E-state index >= 15 is 0 Å². The Kier molecular flexibility index (Phi) is 4.33. The van der Waals surface area contributed by atoms with E-state index in [9.17, 15) is 10.2 Å². The number of anilines is 1. The largest absolute Gasteiger partial charge is 0.398 e. The highest BCUT2D eigenvalue weighted by atomic mass is 16.3. The molecule has 0 spiro atoms. The number of aliphatic hydroxyl groups excluding tert-OH is 2. The van der Waals surface area contributed by atoms with Crippen LogP contribution >= 0.6 is 0 Å². The lowest BCUT2D eigenvalue weighted by molar-refractivity contribution is 0.0220. The average molecular weight is 248 g/mol. The predicted molar refractivity (Wildman–Crippen MR) is 70.8 cm³/mol. The van der Waals surface area contributed by atoms with Crippen LogP contribution in [0.4, 0.5) is 5.69 Å². The van der Waals surface area contributed by atoms with Gasteiger partial charge in [-0.1, -0.05) is 32.9 Å². The number of nitrogens with zero attached hydrogens (tertiary/aromatic N) is 1. The summed E-state index contributed by atoms with van der Waals surface area (Å²) in [5.41, 5.74) is 7.67. The van der Waals surface area contributed by atoms with E-state index in [1.807, 2.05) is 12.1 Å². The first-order valence-electron chi connectivity index (χ1n) is 5.90. The number of hydrogen-bond donors (Lipinski definition) is 3. The summed E-state index contributed by atoms with van der Waals surface area (Å²) < 4.78 is 0. The fourth-order valence-corrected chi connectivity index (χ4v) is 1.71. The molecule has 0 saturated carbocycles. The Morgan fingerprint density at radius 3 is 2.44 bits per heavy atom. The molecule has 4 N–H and O–H groups in total. The molecule has 0 heterocycles. The molecule has 2 atom stereocenters. The number of nitriles is 1. The third-order valence-corrected chi connectivity index (χ3v) is 2.94. The first-order valence-corrected chi connectivity index (χ1v) is 5.90. The zero-order valence-electron chi connectivity index (χ0n) is 11.0. The summed E-state index contributed by atoms with van der Waals surface area (Å²) >= 11 is 0. The van der Waals surface area contributed by atoms with Gasteiger partial charge in [-0.3, -0.25) is 0 Å². The summed E-state index contributed by atoms with van der Waals surface area (Å²) in [6.45, 7) is 6.17. The average Bonchev–Trinajstić information content (AvgIpc) is 2.27. The van der Waals surface area contributed by atoms with E-state index in [2.05, 4.69) is 20.8 Å². The van der Waals surface area contributed by atoms with Crippen LogP contribution in [-0.4, -0.2) is 16.3 Å². The maximum atomic E-state index is 10.0. The van der Waals surface area contributed by atoms with Crippen LogP contribution in [0.25, 0.3) is 0 Å². The number of nitrogen functional groups attached to an aromatic ring is 1. The van der Waals surface area contributed by atoms with Crippen molar-refractivity contribution in [2.45, 2.75) is 44.8 Å². The van der Waals surface area contributed by atoms with Gasteiger partial charge in [0.2, 0.25) is 0 Å². The summed E-state index contributed by atoms with van der Waals surface area (Å²) in [4.78, 5) is 0. The zero-order valence-corrected chi connectivity index (χ0v) is 11.0. The number of hydrogen-bond acceptors (Lipinski definition) is 4. The maximum Gasteiger partial charge on any atom is 0.108 e. The zero-order chi connectivity index (χ0) is 13.9. The smallest absolute Gasteiger partial charge is 0.108 e. The lowest BCUT2D eigenvalue weighted by atomic mass is 9.84. The molecule has 0 amide bonds. The number of aliphatic hydroxyl groups is 2. The molecular weight excluding hydrogens is 228 g/mol. The molecule has 0 aliphatic heterocycles. The predicted octanol–water partition coefficient (Wildman–Crippen LogP) is 1.87. The molecule has 1 rings (SSSR count). The van der Waals surface area contributed by atoms with E-state index in [1.165, 1.54) is 0 Å². The van der Waals surface area contributed by atoms with Crippen molar-refractivity contribution in [1.82, 2.24) is 0 Å². The quantitative estimate of drug-likeness (QED) is 0.712. The highest BCUT2D eigenvalue weighted by Gasteiger charge is 2.23. The molecular formula is C14H20N2O2. The molecule has 1 aromatic carbocycles. The molecule has 18 heavy (non-hydrogen) atoms. The minimum Gasteiger partial charge on any atom is -0.398 e. The van der Waals surface area contributed by atoms with Crippen LogP contribution < -0.4 is 5.73 Å². The normalized spacial score (nSPS) is 14.9. The monoisotopic (exact) mass is 248 g/mol. The molecule has 2 unspecified atom stereocenters. The fourth-order valence-electron chi connectivity index (χ4n) is 1.71. The number of rotatable bonds is 3. The van der Waals surface area contributed by atoms with Crippen LogP contribution in [0.5, 0.6) is 0 Å². The van der Waals surface area contributed by atoms with Crippen LogP contribution in [-0.2, 0) is 5.41 Å². The molecule has 0 aliphatic rings. The summed E-state index contributed by atoms with van der Waals surface area (Å²) in [5, 5.41) is 28.2. The van der Waals surface area contributed by atoms with E-state index in [0.717, 1.165) is 5.56 Å². The highest BCUT2D eigenvalue weighted by Crippen LogP contribution is 2.30. The minimum absolute atomic E-state index is 0.0671. The molecule has 4 nitrogen and oxygen atoms in total. The molecule has 0 aromatic heterocycles. The topological polar surface area (TPSA) is 90.3 Å². The summed E-state index contributed by atoms with van der Waals surface area (Å²) in [6, 6.07) is 7.25. The van der Waals surface area contributed by atoms with Gasteiger partial charge in [-0.15, -0.1) is 0 Å². The van der Waals surface area contributed by atoms with E-state index in [0.29, 0.717) is 11.3 Å². The van der Waals surface area contributed by atoms with Crippen molar-refractivity contribution in [3.63, 3.8) is 0 Å². The molecule has 0 aliphatic carbocycles. The van der Waals surface area contributed by atoms with Gasteiger partial charge in [0.25, 0.3) is 0 Å². The van der Waals surface area contributed by atoms with Gasteiger partial charge >= 0.3 is 0 Å². The molecule has 0 fully saturated rings. The Hall–Kier alpha value is -1.57. The first kappa shape index (κ1) is 14.5. The lowest BCUT2D eigenvalue weighted by Gasteiger charge is -2.23. The highest BCUT2D eigenvalue weighted by molar-refractivity contribution is 5.51. The van der Waals surface area contributed by atoms with E-state index in [-0.39, 0.29) is 11.8 Å². The van der Waals surface area contributed by atoms with Crippen molar-refractivity contribution in [1.29, 1.82) is 5.26 Å². The number of nitrogens with two attached hydrogens (primary N) is 1. The van der Waals surface area contributed by atoms with Gasteiger partial charge in [-0.05, 0) is 17.0 Å². The van der Waals surface area contributed by atoms with Gasteiger partial charge in [-0.25, -0.2) is 0 Å². The van der Waals surface area contributed by atoms with Crippen LogP contribution in [0.1, 0.15) is 44.4 Å². The van der Waals surface area contributed by atoms with E-state index in [4.69, 9.17) is 11.0 Å². The van der Waals surface area contributed by atoms with Gasteiger partial charge in [-0.2, -0.15) is 5.26 Å². The molecule has 0 bridgehead atoms. The maximum absolute atomic E-state index is 10.0. The molecule has 98 valence electrons.